The van der Waals surface area contributed by atoms with E-state index in [2.05, 4.69) is 4.18 Å². The lowest BCUT2D eigenvalue weighted by molar-refractivity contribution is 0.493. The summed E-state index contributed by atoms with van der Waals surface area (Å²) in [5.74, 6) is 0.270. The Bertz CT molecular complexity index is 360. The Morgan fingerprint density at radius 3 is 2.08 bits per heavy atom. The second-order valence-corrected chi connectivity index (χ2v) is 3.93. The molecule has 2 N–H and O–H groups in total. The molecule has 0 aromatic heterocycles. The zero-order valence-electron chi connectivity index (χ0n) is 6.93. The summed E-state index contributed by atoms with van der Waals surface area (Å²) in [6.07, 6.45) is 0.989. The van der Waals surface area contributed by atoms with Crippen LogP contribution in [0.25, 0.3) is 0 Å². The minimum atomic E-state index is -3.43. The van der Waals surface area contributed by atoms with Crippen LogP contribution in [0.1, 0.15) is 0 Å². The van der Waals surface area contributed by atoms with E-state index in [1.165, 1.54) is 12.1 Å². The lowest BCUT2D eigenvalue weighted by Gasteiger charge is -2.01. The predicted molar refractivity (Wildman–Crippen MR) is 53.6 cm³/mol. The first-order chi connectivity index (χ1) is 5.47. The highest BCUT2D eigenvalue weighted by molar-refractivity contribution is 7.86. The predicted octanol–water partition coefficient (Wildman–Crippen LogP) is 1.03. The van der Waals surface area contributed by atoms with Crippen molar-refractivity contribution in [2.24, 2.45) is 0 Å². The highest BCUT2D eigenvalue weighted by atomic mass is 35.5. The fraction of sp³-hybridized carbons (Fsp3) is 0.143. The molecule has 0 bridgehead atoms. The second kappa shape index (κ2) is 4.34. The van der Waals surface area contributed by atoms with Gasteiger partial charge < -0.3 is 9.92 Å². The Balaban J connectivity index is 0.00000144. The molecule has 0 saturated carbocycles. The summed E-state index contributed by atoms with van der Waals surface area (Å²) >= 11 is 0. The van der Waals surface area contributed by atoms with Crippen molar-refractivity contribution in [2.45, 2.75) is 0 Å². The van der Waals surface area contributed by atoms with E-state index >= 15 is 0 Å². The summed E-state index contributed by atoms with van der Waals surface area (Å²) in [5, 5.41) is 0. The molecule has 4 nitrogen and oxygen atoms in total. The molecule has 1 rings (SSSR count). The summed E-state index contributed by atoms with van der Waals surface area (Å²) in [5.41, 5.74) is 5.95. The van der Waals surface area contributed by atoms with Crippen LogP contribution in [-0.2, 0) is 10.1 Å². The van der Waals surface area contributed by atoms with Gasteiger partial charge in [-0.3, -0.25) is 0 Å². The molecule has 0 aliphatic rings. The highest BCUT2D eigenvalue weighted by Gasteiger charge is 2.02. The van der Waals surface area contributed by atoms with E-state index in [-0.39, 0.29) is 18.2 Å². The Morgan fingerprint density at radius 2 is 1.69 bits per heavy atom. The number of anilines is 1. The van der Waals surface area contributed by atoms with Crippen LogP contribution in [0.3, 0.4) is 0 Å². The normalized spacial score (nSPS) is 10.2. The lowest BCUT2D eigenvalue weighted by atomic mass is 10.3. The van der Waals surface area contributed by atoms with Crippen molar-refractivity contribution in [3.63, 3.8) is 0 Å². The molecule has 0 radical (unpaired) electrons. The van der Waals surface area contributed by atoms with E-state index in [1.807, 2.05) is 0 Å². The van der Waals surface area contributed by atoms with Crippen molar-refractivity contribution in [3.05, 3.63) is 24.3 Å². The van der Waals surface area contributed by atoms with E-state index in [4.69, 9.17) is 5.73 Å². The van der Waals surface area contributed by atoms with E-state index in [0.717, 1.165) is 6.26 Å². The molecule has 6 heteroatoms. The summed E-state index contributed by atoms with van der Waals surface area (Å²) < 4.78 is 25.8. The molecule has 0 amide bonds. The van der Waals surface area contributed by atoms with Crippen molar-refractivity contribution >= 4 is 28.2 Å². The van der Waals surface area contributed by atoms with E-state index in [9.17, 15) is 8.42 Å². The zero-order valence-corrected chi connectivity index (χ0v) is 8.56. The monoisotopic (exact) mass is 223 g/mol. The van der Waals surface area contributed by atoms with Gasteiger partial charge in [0.2, 0.25) is 0 Å². The average molecular weight is 224 g/mol. The maximum atomic E-state index is 10.6. The van der Waals surface area contributed by atoms with Gasteiger partial charge in [0.25, 0.3) is 0 Å². The molecule has 13 heavy (non-hydrogen) atoms. The van der Waals surface area contributed by atoms with E-state index < -0.39 is 10.1 Å². The molecule has 0 unspecified atom stereocenters. The van der Waals surface area contributed by atoms with Gasteiger partial charge in [0, 0.05) is 5.69 Å². The van der Waals surface area contributed by atoms with Gasteiger partial charge in [-0.15, -0.1) is 12.4 Å². The van der Waals surface area contributed by atoms with Gasteiger partial charge in [-0.05, 0) is 24.3 Å². The Morgan fingerprint density at radius 1 is 1.23 bits per heavy atom. The first-order valence-electron chi connectivity index (χ1n) is 3.22. The molecule has 0 spiro atoms. The summed E-state index contributed by atoms with van der Waals surface area (Å²) in [4.78, 5) is 0. The fourth-order valence-electron chi connectivity index (χ4n) is 0.698. The zero-order chi connectivity index (χ0) is 9.19. The van der Waals surface area contributed by atoms with E-state index in [1.54, 1.807) is 12.1 Å². The quantitative estimate of drug-likeness (QED) is 0.601. The van der Waals surface area contributed by atoms with Crippen LogP contribution >= 0.6 is 12.4 Å². The topological polar surface area (TPSA) is 69.4 Å². The van der Waals surface area contributed by atoms with Gasteiger partial charge in [0.1, 0.15) is 5.75 Å². The number of rotatable bonds is 2. The first-order valence-corrected chi connectivity index (χ1v) is 5.04. The highest BCUT2D eigenvalue weighted by Crippen LogP contribution is 2.14. The molecular weight excluding hydrogens is 214 g/mol. The van der Waals surface area contributed by atoms with Crippen molar-refractivity contribution in [3.8, 4) is 5.75 Å². The molecule has 0 heterocycles. The summed E-state index contributed by atoms with van der Waals surface area (Å²) in [7, 11) is -3.43. The Labute approximate surface area is 83.2 Å². The van der Waals surface area contributed by atoms with Gasteiger partial charge >= 0.3 is 10.1 Å². The van der Waals surface area contributed by atoms with Crippen LogP contribution in [0.5, 0.6) is 5.75 Å². The molecule has 1 aromatic rings. The van der Waals surface area contributed by atoms with E-state index in [0.29, 0.717) is 5.69 Å². The third kappa shape index (κ3) is 4.59. The van der Waals surface area contributed by atoms with Crippen molar-refractivity contribution < 1.29 is 12.6 Å². The number of halogens is 1. The van der Waals surface area contributed by atoms with Crippen LogP contribution in [0, 0.1) is 0 Å². The molecule has 1 aromatic carbocycles. The maximum Gasteiger partial charge on any atom is 0.306 e. The van der Waals surface area contributed by atoms with Crippen LogP contribution in [0.2, 0.25) is 0 Å². The Kier molecular flexibility index (Phi) is 4.03. The minimum Gasteiger partial charge on any atom is -0.399 e. The largest absolute Gasteiger partial charge is 0.399 e. The number of nitrogens with two attached hydrogens (primary N) is 1. The third-order valence-electron chi connectivity index (χ3n) is 1.13. The molecule has 0 aliphatic carbocycles. The van der Waals surface area contributed by atoms with Crippen LogP contribution in [-0.4, -0.2) is 14.7 Å². The fourth-order valence-corrected chi connectivity index (χ4v) is 1.16. The molecule has 0 aliphatic heterocycles. The summed E-state index contributed by atoms with van der Waals surface area (Å²) in [6.45, 7) is 0. The van der Waals surface area contributed by atoms with Gasteiger partial charge in [-0.2, -0.15) is 8.42 Å². The molecule has 0 saturated heterocycles. The van der Waals surface area contributed by atoms with Crippen molar-refractivity contribution in [1.82, 2.24) is 0 Å². The van der Waals surface area contributed by atoms with Gasteiger partial charge in [0.05, 0.1) is 6.26 Å². The lowest BCUT2D eigenvalue weighted by Crippen LogP contribution is -2.05. The minimum absolute atomic E-state index is 0. The van der Waals surface area contributed by atoms with Crippen molar-refractivity contribution in [1.29, 1.82) is 0 Å². The second-order valence-electron chi connectivity index (χ2n) is 2.36. The van der Waals surface area contributed by atoms with Crippen LogP contribution in [0.4, 0.5) is 5.69 Å². The number of hydrogen-bond acceptors (Lipinski definition) is 4. The SMILES string of the molecule is CS(=O)(=O)Oc1ccc(N)cc1.Cl. The third-order valence-corrected chi connectivity index (χ3v) is 1.62. The number of nitrogen functional groups attached to an aromatic ring is 1. The van der Waals surface area contributed by atoms with Crippen LogP contribution < -0.4 is 9.92 Å². The smallest absolute Gasteiger partial charge is 0.306 e. The molecule has 74 valence electrons. The standard InChI is InChI=1S/C7H9NO3S.ClH/c1-12(9,10)11-7-4-2-6(8)3-5-7;/h2-5H,8H2,1H3;1H. The van der Waals surface area contributed by atoms with Crippen LogP contribution in [0.15, 0.2) is 24.3 Å². The Hall–Kier alpha value is -0.940. The first kappa shape index (κ1) is 12.1. The van der Waals surface area contributed by atoms with Crippen molar-refractivity contribution in [2.75, 3.05) is 12.0 Å². The number of benzene rings is 1. The number of hydrogen-bond donors (Lipinski definition) is 1. The molecule has 0 fully saturated rings. The average Bonchev–Trinajstić information content (AvgIpc) is 1.91. The van der Waals surface area contributed by atoms with Gasteiger partial charge in [-0.1, -0.05) is 0 Å². The van der Waals surface area contributed by atoms with Gasteiger partial charge in [0.15, 0.2) is 0 Å². The maximum absolute atomic E-state index is 10.6. The van der Waals surface area contributed by atoms with Gasteiger partial charge in [-0.25, -0.2) is 0 Å². The molecule has 0 atom stereocenters. The molecular formula is C7H10ClNO3S. The summed E-state index contributed by atoms with van der Waals surface area (Å²) in [6, 6.07) is 6.13.